The number of carbonyl (C=O) groups excluding carboxylic acids is 1. The van der Waals surface area contributed by atoms with Gasteiger partial charge in [-0.25, -0.2) is 16.3 Å². The third kappa shape index (κ3) is 4.63. The minimum Gasteiger partial charge on any atom is -0.412 e. The van der Waals surface area contributed by atoms with Gasteiger partial charge >= 0.3 is 0 Å². The predicted molar refractivity (Wildman–Crippen MR) is 98.7 cm³/mol. The number of nitrogens with two attached hydrogens (primary N) is 1. The summed E-state index contributed by atoms with van der Waals surface area (Å²) in [5.41, 5.74) is 18.0. The van der Waals surface area contributed by atoms with E-state index >= 15 is 0 Å². The number of hydrogen-bond donors (Lipinski definition) is 4. The lowest BCUT2D eigenvalue weighted by Crippen LogP contribution is -2.41. The molecule has 7 N–H and O–H groups in total. The number of hydrogen-bond acceptors (Lipinski definition) is 5. The monoisotopic (exact) mass is 341 g/mol. The molecule has 2 unspecified atom stereocenters. The third-order valence-electron chi connectivity index (χ3n) is 4.08. The van der Waals surface area contributed by atoms with Crippen molar-refractivity contribution in [3.8, 4) is 0 Å². The molecule has 2 aromatic rings. The lowest BCUT2D eigenvalue weighted by atomic mass is 10.0. The van der Waals surface area contributed by atoms with Gasteiger partial charge in [0, 0.05) is 11.7 Å². The number of anilines is 1. The zero-order valence-electron chi connectivity index (χ0n) is 14.0. The number of hydrazone groups is 1. The first-order valence-electron chi connectivity index (χ1n) is 7.89. The first-order chi connectivity index (χ1) is 11.6. The van der Waals surface area contributed by atoms with Crippen LogP contribution < -0.4 is 22.0 Å². The smallest absolute Gasteiger partial charge is 0.258 e. The van der Waals surface area contributed by atoms with Crippen LogP contribution in [0.4, 0.5) is 5.69 Å². The van der Waals surface area contributed by atoms with Crippen LogP contribution in [-0.4, -0.2) is 23.1 Å². The second-order valence-corrected chi connectivity index (χ2v) is 5.84. The Bertz CT molecular complexity index is 731. The van der Waals surface area contributed by atoms with Crippen LogP contribution >= 0.6 is 0 Å². The van der Waals surface area contributed by atoms with Crippen LogP contribution in [0.1, 0.15) is 30.5 Å². The molecule has 1 amide bonds. The van der Waals surface area contributed by atoms with Crippen molar-refractivity contribution < 1.29 is 10.3 Å². The van der Waals surface area contributed by atoms with Gasteiger partial charge in [0.2, 0.25) is 0 Å². The quantitative estimate of drug-likeness (QED) is 0.375. The predicted octanol–water partition coefficient (Wildman–Crippen LogP) is 0.892. The molecule has 0 bridgehead atoms. The molecule has 2 aromatic carbocycles. The standard InChI is InChI=1S/C18H21N5O.H2O/c1-12(13-7-9-15(19)10-8-13)20-23-18(24)17-11-16(21-22-17)14-5-3-2-4-6-14;/h2-10,16-17,21-22H,11,19H2,1H3,(H,23,24);1H2/b20-12+;. The van der Waals surface area contributed by atoms with Crippen molar-refractivity contribution in [1.29, 1.82) is 0 Å². The van der Waals surface area contributed by atoms with E-state index in [0.29, 0.717) is 12.1 Å². The number of nitrogens with one attached hydrogen (secondary N) is 3. The summed E-state index contributed by atoms with van der Waals surface area (Å²) >= 11 is 0. The molecule has 1 saturated heterocycles. The van der Waals surface area contributed by atoms with Gasteiger partial charge in [0.1, 0.15) is 6.04 Å². The summed E-state index contributed by atoms with van der Waals surface area (Å²) < 4.78 is 0. The van der Waals surface area contributed by atoms with Crippen LogP contribution in [0.5, 0.6) is 0 Å². The van der Waals surface area contributed by atoms with Crippen molar-refractivity contribution in [2.75, 3.05) is 5.73 Å². The maximum Gasteiger partial charge on any atom is 0.258 e. The fraction of sp³-hybridized carbons (Fsp3) is 0.222. The molecular weight excluding hydrogens is 318 g/mol. The number of nitrogens with zero attached hydrogens (tertiary/aromatic N) is 1. The van der Waals surface area contributed by atoms with Crippen molar-refractivity contribution >= 4 is 17.3 Å². The van der Waals surface area contributed by atoms with E-state index in [1.165, 1.54) is 0 Å². The highest BCUT2D eigenvalue weighted by Crippen LogP contribution is 2.21. The Morgan fingerprint density at radius 2 is 1.80 bits per heavy atom. The van der Waals surface area contributed by atoms with E-state index in [9.17, 15) is 4.79 Å². The van der Waals surface area contributed by atoms with Crippen molar-refractivity contribution in [3.63, 3.8) is 0 Å². The van der Waals surface area contributed by atoms with Crippen molar-refractivity contribution in [2.24, 2.45) is 5.10 Å². The number of benzene rings is 2. The Morgan fingerprint density at radius 1 is 1.12 bits per heavy atom. The van der Waals surface area contributed by atoms with Gasteiger partial charge in [0.05, 0.1) is 5.71 Å². The molecule has 2 atom stereocenters. The summed E-state index contributed by atoms with van der Waals surface area (Å²) in [6.45, 7) is 1.85. The maximum absolute atomic E-state index is 12.3. The summed E-state index contributed by atoms with van der Waals surface area (Å²) in [7, 11) is 0. The van der Waals surface area contributed by atoms with Crippen molar-refractivity contribution in [2.45, 2.75) is 25.4 Å². The highest BCUT2D eigenvalue weighted by molar-refractivity contribution is 5.99. The molecule has 7 nitrogen and oxygen atoms in total. The molecule has 7 heteroatoms. The Hall–Kier alpha value is -2.74. The SMILES string of the molecule is C/C(=N\NC(=O)C1CC(c2ccccc2)NN1)c1ccc(N)cc1.O. The van der Waals surface area contributed by atoms with Crippen LogP contribution in [0.2, 0.25) is 0 Å². The second kappa shape index (κ2) is 8.39. The summed E-state index contributed by atoms with van der Waals surface area (Å²) in [6, 6.07) is 17.2. The lowest BCUT2D eigenvalue weighted by Gasteiger charge is -2.09. The van der Waals surface area contributed by atoms with E-state index in [1.54, 1.807) is 0 Å². The first kappa shape index (κ1) is 18.6. The molecule has 1 heterocycles. The molecule has 0 aliphatic carbocycles. The summed E-state index contributed by atoms with van der Waals surface area (Å²) in [6.07, 6.45) is 0.673. The fourth-order valence-corrected chi connectivity index (χ4v) is 2.64. The van der Waals surface area contributed by atoms with E-state index in [-0.39, 0.29) is 23.5 Å². The van der Waals surface area contributed by atoms with Crippen LogP contribution in [-0.2, 0) is 4.79 Å². The minimum atomic E-state index is -0.321. The Kier molecular flexibility index (Phi) is 6.24. The van der Waals surface area contributed by atoms with Crippen LogP contribution in [0, 0.1) is 0 Å². The molecule has 1 fully saturated rings. The molecule has 3 rings (SSSR count). The second-order valence-electron chi connectivity index (χ2n) is 5.84. The highest BCUT2D eigenvalue weighted by atomic mass is 16.2. The van der Waals surface area contributed by atoms with Gasteiger partial charge in [-0.05, 0) is 36.6 Å². The Labute approximate surface area is 146 Å². The molecule has 1 aliphatic heterocycles. The number of rotatable bonds is 4. The average Bonchev–Trinajstić information content (AvgIpc) is 3.11. The molecule has 0 radical (unpaired) electrons. The summed E-state index contributed by atoms with van der Waals surface area (Å²) in [5, 5.41) is 4.17. The van der Waals surface area contributed by atoms with E-state index in [4.69, 9.17) is 5.73 Å². The van der Waals surface area contributed by atoms with Gasteiger partial charge in [0.25, 0.3) is 5.91 Å². The normalized spacial score (nSPS) is 20.0. The molecule has 0 saturated carbocycles. The Morgan fingerprint density at radius 3 is 2.48 bits per heavy atom. The highest BCUT2D eigenvalue weighted by Gasteiger charge is 2.29. The topological polar surface area (TPSA) is 123 Å². The summed E-state index contributed by atoms with van der Waals surface area (Å²) in [4.78, 5) is 12.3. The molecule has 132 valence electrons. The summed E-state index contributed by atoms with van der Waals surface area (Å²) in [5.74, 6) is -0.157. The lowest BCUT2D eigenvalue weighted by molar-refractivity contribution is -0.122. The zero-order valence-corrected chi connectivity index (χ0v) is 14.0. The molecule has 1 aliphatic rings. The van der Waals surface area contributed by atoms with Gasteiger partial charge in [-0.1, -0.05) is 42.5 Å². The first-order valence-corrected chi connectivity index (χ1v) is 7.89. The van der Waals surface area contributed by atoms with E-state index in [0.717, 1.165) is 16.8 Å². The van der Waals surface area contributed by atoms with Gasteiger partial charge in [-0.15, -0.1) is 0 Å². The number of hydrazine groups is 1. The fourth-order valence-electron chi connectivity index (χ4n) is 2.64. The Balaban J connectivity index is 0.00000225. The number of carbonyl (C=O) groups is 1. The van der Waals surface area contributed by atoms with Crippen molar-refractivity contribution in [1.82, 2.24) is 16.3 Å². The van der Waals surface area contributed by atoms with Crippen LogP contribution in [0.15, 0.2) is 59.7 Å². The number of nitrogen functional groups attached to an aromatic ring is 1. The number of amides is 1. The van der Waals surface area contributed by atoms with Crippen LogP contribution in [0.3, 0.4) is 0 Å². The van der Waals surface area contributed by atoms with Gasteiger partial charge in [-0.2, -0.15) is 5.10 Å². The molecular formula is C18H23N5O2. The van der Waals surface area contributed by atoms with E-state index in [2.05, 4.69) is 21.4 Å². The molecule has 0 aromatic heterocycles. The van der Waals surface area contributed by atoms with Gasteiger partial charge in [-0.3, -0.25) is 4.79 Å². The van der Waals surface area contributed by atoms with Crippen molar-refractivity contribution in [3.05, 3.63) is 65.7 Å². The largest absolute Gasteiger partial charge is 0.412 e. The third-order valence-corrected chi connectivity index (χ3v) is 4.08. The maximum atomic E-state index is 12.3. The van der Waals surface area contributed by atoms with Crippen LogP contribution in [0.25, 0.3) is 0 Å². The molecule has 0 spiro atoms. The van der Waals surface area contributed by atoms with Gasteiger partial charge in [0.15, 0.2) is 0 Å². The molecule has 25 heavy (non-hydrogen) atoms. The zero-order chi connectivity index (χ0) is 16.9. The minimum absolute atomic E-state index is 0. The van der Waals surface area contributed by atoms with Gasteiger partial charge < -0.3 is 11.2 Å². The van der Waals surface area contributed by atoms with E-state index < -0.39 is 0 Å². The van der Waals surface area contributed by atoms with E-state index in [1.807, 2.05) is 61.5 Å². The average molecular weight is 341 g/mol.